The molecule has 1 atom stereocenters. The second-order valence-electron chi connectivity index (χ2n) is 12.2. The number of nitrogens with one attached hydrogen (secondary N) is 1. The van der Waals surface area contributed by atoms with Gasteiger partial charge in [0.05, 0.1) is 42.0 Å². The molecule has 0 spiro atoms. The van der Waals surface area contributed by atoms with E-state index in [2.05, 4.69) is 46.7 Å². The van der Waals surface area contributed by atoms with Crippen molar-refractivity contribution in [3.05, 3.63) is 170 Å². The van der Waals surface area contributed by atoms with Crippen LogP contribution in [0.4, 0.5) is 0 Å². The van der Waals surface area contributed by atoms with Gasteiger partial charge < -0.3 is 9.47 Å². The van der Waals surface area contributed by atoms with E-state index < -0.39 is 28.8 Å². The van der Waals surface area contributed by atoms with Crippen molar-refractivity contribution < 1.29 is 14.3 Å². The number of benzene rings is 4. The molecular weight excluding hydrogens is 616 g/mol. The van der Waals surface area contributed by atoms with Gasteiger partial charge >= 0.3 is 11.7 Å². The summed E-state index contributed by atoms with van der Waals surface area (Å²) in [4.78, 5) is 45.2. The zero-order chi connectivity index (χ0) is 34.0. The largest absolute Gasteiger partial charge is 0.491 e. The highest BCUT2D eigenvalue weighted by Gasteiger charge is 2.40. The Bertz CT molecular complexity index is 2150. The molecule has 0 aliphatic carbocycles. The zero-order valence-corrected chi connectivity index (χ0v) is 27.3. The van der Waals surface area contributed by atoms with Gasteiger partial charge in [-0.15, -0.1) is 0 Å². The summed E-state index contributed by atoms with van der Waals surface area (Å²) in [5.74, 6) is 0.0513. The number of pyridine rings is 1. The van der Waals surface area contributed by atoms with E-state index in [9.17, 15) is 14.4 Å². The number of methoxy groups -OCH3 is 1. The standard InChI is InChI=1S/C40H36N4O5/c1-43-35-26-41-23-22-32(35)37(45)44(39(43)47)34-21-20-27(31-19-12-24-49-36(31)34)25-33(38(46)48-2)42-40(28-13-6-3-7-14-28,29-15-8-4-9-16-29)30-17-10-5-11-18-30/h3-11,13-18,20-23,26,33,42H,12,19,24-25H2,1-2H3/t33-/m0/s1. The van der Waals surface area contributed by atoms with Crippen molar-refractivity contribution in [2.75, 3.05) is 13.7 Å². The average molecular weight is 653 g/mol. The van der Waals surface area contributed by atoms with Crippen molar-refractivity contribution in [1.29, 1.82) is 0 Å². The molecule has 0 fully saturated rings. The van der Waals surface area contributed by atoms with Gasteiger partial charge in [-0.05, 0) is 59.2 Å². The summed E-state index contributed by atoms with van der Waals surface area (Å²) < 4.78 is 14.2. The van der Waals surface area contributed by atoms with Gasteiger partial charge in [0.25, 0.3) is 5.56 Å². The van der Waals surface area contributed by atoms with Crippen LogP contribution >= 0.6 is 0 Å². The number of aromatic nitrogens is 3. The first kappa shape index (κ1) is 31.8. The lowest BCUT2D eigenvalue weighted by Gasteiger charge is -2.39. The number of hydrogen-bond donors (Lipinski definition) is 1. The molecule has 2 aromatic heterocycles. The summed E-state index contributed by atoms with van der Waals surface area (Å²) >= 11 is 0. The highest BCUT2D eigenvalue weighted by Crippen LogP contribution is 2.39. The highest BCUT2D eigenvalue weighted by molar-refractivity contribution is 5.78. The highest BCUT2D eigenvalue weighted by atomic mass is 16.5. The number of carbonyl (C=O) groups excluding carboxylic acids is 1. The molecule has 0 amide bonds. The fraction of sp³-hybridized carbons (Fsp3) is 0.200. The number of rotatable bonds is 9. The number of carbonyl (C=O) groups is 1. The average Bonchev–Trinajstić information content (AvgIpc) is 3.17. The molecule has 9 nitrogen and oxygen atoms in total. The number of ether oxygens (including phenoxy) is 2. The van der Waals surface area contributed by atoms with Crippen LogP contribution in [0.15, 0.2) is 131 Å². The lowest BCUT2D eigenvalue weighted by Crippen LogP contribution is -2.53. The Hall–Kier alpha value is -5.80. The van der Waals surface area contributed by atoms with Gasteiger partial charge in [0.1, 0.15) is 11.8 Å². The van der Waals surface area contributed by atoms with Gasteiger partial charge in [-0.1, -0.05) is 97.1 Å². The summed E-state index contributed by atoms with van der Waals surface area (Å²) in [7, 11) is 3.01. The van der Waals surface area contributed by atoms with Crippen molar-refractivity contribution in [1.82, 2.24) is 19.4 Å². The molecule has 0 saturated carbocycles. The maximum Gasteiger partial charge on any atom is 0.336 e. The molecule has 246 valence electrons. The Kier molecular flexibility index (Phi) is 8.67. The Labute approximate surface area is 283 Å². The van der Waals surface area contributed by atoms with Gasteiger partial charge in [-0.2, -0.15) is 0 Å². The molecule has 1 aliphatic rings. The zero-order valence-electron chi connectivity index (χ0n) is 27.3. The van der Waals surface area contributed by atoms with Crippen molar-refractivity contribution >= 4 is 16.9 Å². The van der Waals surface area contributed by atoms with Gasteiger partial charge in [0, 0.05) is 13.2 Å². The molecule has 1 aliphatic heterocycles. The van der Waals surface area contributed by atoms with Gasteiger partial charge in [0.15, 0.2) is 0 Å². The Balaban J connectivity index is 1.38. The maximum atomic E-state index is 13.8. The monoisotopic (exact) mass is 652 g/mol. The number of nitrogens with zero attached hydrogens (tertiary/aromatic N) is 3. The van der Waals surface area contributed by atoms with Gasteiger partial charge in [-0.3, -0.25) is 24.5 Å². The Morgan fingerprint density at radius 1 is 0.898 bits per heavy atom. The second-order valence-corrected chi connectivity index (χ2v) is 12.2. The lowest BCUT2D eigenvalue weighted by molar-refractivity contribution is -0.143. The summed E-state index contributed by atoms with van der Waals surface area (Å²) in [6.45, 7) is 0.438. The Morgan fingerprint density at radius 2 is 1.51 bits per heavy atom. The summed E-state index contributed by atoms with van der Waals surface area (Å²) in [6, 6.07) is 34.7. The first-order chi connectivity index (χ1) is 23.9. The van der Waals surface area contributed by atoms with Crippen LogP contribution in [0.25, 0.3) is 16.6 Å². The minimum atomic E-state index is -0.918. The summed E-state index contributed by atoms with van der Waals surface area (Å²) in [5.41, 5.74) is 3.56. The maximum absolute atomic E-state index is 13.8. The first-order valence-electron chi connectivity index (χ1n) is 16.3. The van der Waals surface area contributed by atoms with Gasteiger partial charge in [0.2, 0.25) is 0 Å². The van der Waals surface area contributed by atoms with Crippen molar-refractivity contribution in [2.24, 2.45) is 7.05 Å². The van der Waals surface area contributed by atoms with Crippen LogP contribution in [0.2, 0.25) is 0 Å². The molecule has 7 rings (SSSR count). The van der Waals surface area contributed by atoms with Gasteiger partial charge in [-0.25, -0.2) is 9.36 Å². The normalized spacial score (nSPS) is 13.3. The SMILES string of the molecule is COC(=O)[C@H](Cc1ccc(-n2c(=O)c3ccncc3n(C)c2=O)c2c1CCCO2)NC(c1ccccc1)(c1ccccc1)c1ccccc1. The third kappa shape index (κ3) is 5.62. The summed E-state index contributed by atoms with van der Waals surface area (Å²) in [6.07, 6.45) is 4.72. The topological polar surface area (TPSA) is 104 Å². The van der Waals surface area contributed by atoms with E-state index in [0.29, 0.717) is 35.4 Å². The second kappa shape index (κ2) is 13.4. The fourth-order valence-electron chi connectivity index (χ4n) is 7.02. The van der Waals surface area contributed by atoms with Crippen LogP contribution < -0.4 is 21.3 Å². The van der Waals surface area contributed by atoms with E-state index in [-0.39, 0.29) is 6.42 Å². The third-order valence-corrected chi connectivity index (χ3v) is 9.39. The quantitative estimate of drug-likeness (QED) is 0.172. The third-order valence-electron chi connectivity index (χ3n) is 9.39. The molecule has 9 heteroatoms. The predicted molar refractivity (Wildman–Crippen MR) is 188 cm³/mol. The molecule has 0 radical (unpaired) electrons. The lowest BCUT2D eigenvalue weighted by atomic mass is 9.76. The van der Waals surface area contributed by atoms with Crippen LogP contribution in [-0.4, -0.2) is 39.8 Å². The Morgan fingerprint density at radius 3 is 2.10 bits per heavy atom. The van der Waals surface area contributed by atoms with E-state index in [0.717, 1.165) is 38.8 Å². The first-order valence-corrected chi connectivity index (χ1v) is 16.3. The molecule has 49 heavy (non-hydrogen) atoms. The molecular formula is C40H36N4O5. The fourth-order valence-corrected chi connectivity index (χ4v) is 7.02. The van der Waals surface area contributed by atoms with Crippen LogP contribution in [-0.2, 0) is 35.0 Å². The van der Waals surface area contributed by atoms with Crippen LogP contribution in [0, 0.1) is 0 Å². The van der Waals surface area contributed by atoms with E-state index in [4.69, 9.17) is 9.47 Å². The minimum Gasteiger partial charge on any atom is -0.491 e. The number of esters is 1. The van der Waals surface area contributed by atoms with E-state index in [1.807, 2.05) is 60.7 Å². The molecule has 0 unspecified atom stereocenters. The van der Waals surface area contributed by atoms with Crippen LogP contribution in [0.5, 0.6) is 5.75 Å². The number of fused-ring (bicyclic) bond motifs is 2. The van der Waals surface area contributed by atoms with Crippen molar-refractivity contribution in [3.8, 4) is 11.4 Å². The molecule has 0 bridgehead atoms. The number of hydrogen-bond acceptors (Lipinski definition) is 7. The smallest absolute Gasteiger partial charge is 0.336 e. The minimum absolute atomic E-state index is 0.267. The molecule has 4 aromatic carbocycles. The predicted octanol–water partition coefficient (Wildman–Crippen LogP) is 5.08. The van der Waals surface area contributed by atoms with E-state index in [1.54, 1.807) is 19.2 Å². The van der Waals surface area contributed by atoms with Crippen molar-refractivity contribution in [3.63, 3.8) is 0 Å². The molecule has 1 N–H and O–H groups in total. The van der Waals surface area contributed by atoms with E-state index in [1.165, 1.54) is 24.1 Å². The van der Waals surface area contributed by atoms with Crippen LogP contribution in [0.1, 0.15) is 34.2 Å². The van der Waals surface area contributed by atoms with Crippen molar-refractivity contribution in [2.45, 2.75) is 30.8 Å². The molecule has 3 heterocycles. The summed E-state index contributed by atoms with van der Waals surface area (Å²) in [5, 5.41) is 4.16. The van der Waals surface area contributed by atoms with E-state index >= 15 is 0 Å². The molecule has 6 aromatic rings. The number of aryl methyl sites for hydroxylation is 1. The van der Waals surface area contributed by atoms with Crippen LogP contribution in [0.3, 0.4) is 0 Å². The molecule has 0 saturated heterocycles.